The summed E-state index contributed by atoms with van der Waals surface area (Å²) in [6.07, 6.45) is 15.0. The zero-order valence-electron chi connectivity index (χ0n) is 40.8. The van der Waals surface area contributed by atoms with Crippen LogP contribution in [0.3, 0.4) is 0 Å². The number of anilines is 2. The van der Waals surface area contributed by atoms with Crippen molar-refractivity contribution in [2.75, 3.05) is 50.2 Å². The van der Waals surface area contributed by atoms with Crippen molar-refractivity contribution < 1.29 is 28.7 Å². The molecule has 1 saturated heterocycles. The number of nitrogens with zero attached hydrogens (tertiary/aromatic N) is 6. The predicted octanol–water partition coefficient (Wildman–Crippen LogP) is 8.32. The molecular formula is C58H70BrN11O6. The summed E-state index contributed by atoms with van der Waals surface area (Å²) in [6, 6.07) is 28.7. The fraction of sp³-hybridized carbons (Fsp3) is 0.379. The molecule has 2 aromatic heterocycles. The van der Waals surface area contributed by atoms with E-state index in [1.165, 1.54) is 41.9 Å². The Kier molecular flexibility index (Phi) is 22.4. The van der Waals surface area contributed by atoms with Gasteiger partial charge < -0.3 is 35.2 Å². The van der Waals surface area contributed by atoms with E-state index in [-0.39, 0.29) is 59.0 Å². The zero-order chi connectivity index (χ0) is 51.1. The van der Waals surface area contributed by atoms with Crippen LogP contribution in [0, 0.1) is 36.0 Å². The lowest BCUT2D eigenvalue weighted by atomic mass is 9.90. The highest BCUT2D eigenvalue weighted by Crippen LogP contribution is 2.34. The molecule has 4 amide bonds. The van der Waals surface area contributed by atoms with Crippen LogP contribution in [-0.2, 0) is 22.4 Å². The molecule has 4 aromatic carbocycles. The van der Waals surface area contributed by atoms with Crippen LogP contribution >= 0.6 is 15.9 Å². The second-order valence-electron chi connectivity index (χ2n) is 18.1. The van der Waals surface area contributed by atoms with Gasteiger partial charge in [-0.15, -0.1) is 22.5 Å². The summed E-state index contributed by atoms with van der Waals surface area (Å²) >= 11 is 3.39. The molecule has 5 N–H and O–H groups in total. The van der Waals surface area contributed by atoms with Crippen molar-refractivity contribution in [3.05, 3.63) is 142 Å². The maximum absolute atomic E-state index is 13.2. The lowest BCUT2D eigenvalue weighted by molar-refractivity contribution is -0.121. The first-order valence-electron chi connectivity index (χ1n) is 24.5. The maximum Gasteiger partial charge on any atom is 0.291 e. The number of rotatable bonds is 8. The number of amides is 4. The number of piperidine rings is 1. The van der Waals surface area contributed by atoms with Crippen molar-refractivity contribution in [1.82, 2.24) is 46.3 Å². The van der Waals surface area contributed by atoms with Gasteiger partial charge in [-0.25, -0.2) is 9.97 Å². The maximum atomic E-state index is 13.2. The van der Waals surface area contributed by atoms with Gasteiger partial charge in [0.25, 0.3) is 23.6 Å². The Labute approximate surface area is 455 Å². The van der Waals surface area contributed by atoms with Gasteiger partial charge in [-0.2, -0.15) is 0 Å². The Morgan fingerprint density at radius 2 is 1.16 bits per heavy atom. The van der Waals surface area contributed by atoms with Crippen molar-refractivity contribution in [1.29, 1.82) is 0 Å². The first-order chi connectivity index (χ1) is 35.5. The van der Waals surface area contributed by atoms with Gasteiger partial charge in [-0.1, -0.05) is 130 Å². The summed E-state index contributed by atoms with van der Waals surface area (Å²) in [5.74, 6) is 11.0. The molecule has 18 heteroatoms. The van der Waals surface area contributed by atoms with E-state index in [2.05, 4.69) is 80.0 Å². The number of H-pyrrole nitrogens is 2. The number of ether oxygens (including phenoxy) is 2. The summed E-state index contributed by atoms with van der Waals surface area (Å²) in [6.45, 7) is 2.00. The molecule has 17 nitrogen and oxygen atoms in total. The molecule has 6 aromatic rings. The van der Waals surface area contributed by atoms with Gasteiger partial charge in [0.05, 0.1) is 11.4 Å². The lowest BCUT2D eigenvalue weighted by Crippen LogP contribution is -2.49. The van der Waals surface area contributed by atoms with E-state index in [4.69, 9.17) is 15.9 Å². The number of halogens is 1. The monoisotopic (exact) mass is 1100 g/mol. The molecule has 0 spiro atoms. The minimum Gasteiger partial charge on any atom is -0.489 e. The normalized spacial score (nSPS) is 16.9. The van der Waals surface area contributed by atoms with Crippen molar-refractivity contribution >= 4 is 50.9 Å². The molecule has 3 aliphatic heterocycles. The van der Waals surface area contributed by atoms with Gasteiger partial charge in [0.2, 0.25) is 11.6 Å². The second-order valence-corrected chi connectivity index (χ2v) is 19.0. The number of benzene rings is 4. The largest absolute Gasteiger partial charge is 0.489 e. The van der Waals surface area contributed by atoms with E-state index in [0.29, 0.717) is 59.2 Å². The number of hydrogen-bond acceptors (Lipinski definition) is 11. The van der Waals surface area contributed by atoms with Crippen LogP contribution in [0.1, 0.15) is 117 Å². The summed E-state index contributed by atoms with van der Waals surface area (Å²) in [7, 11) is 3.32. The van der Waals surface area contributed by atoms with Gasteiger partial charge in [-0.3, -0.25) is 29.4 Å². The van der Waals surface area contributed by atoms with Crippen molar-refractivity contribution in [2.24, 2.45) is 11.8 Å². The summed E-state index contributed by atoms with van der Waals surface area (Å²) < 4.78 is 12.4. The first-order valence-corrected chi connectivity index (χ1v) is 25.3. The van der Waals surface area contributed by atoms with Crippen molar-refractivity contribution in [3.63, 3.8) is 0 Å². The molecule has 2 fully saturated rings. The lowest BCUT2D eigenvalue weighted by Gasteiger charge is -2.20. The van der Waals surface area contributed by atoms with Crippen LogP contribution in [0.15, 0.2) is 102 Å². The van der Waals surface area contributed by atoms with Crippen LogP contribution in [-0.4, -0.2) is 106 Å². The van der Waals surface area contributed by atoms with Crippen LogP contribution in [0.5, 0.6) is 11.5 Å². The van der Waals surface area contributed by atoms with Crippen molar-refractivity contribution in [2.45, 2.75) is 92.2 Å². The third-order valence-electron chi connectivity index (χ3n) is 12.8. The molecule has 1 saturated carbocycles. The van der Waals surface area contributed by atoms with Gasteiger partial charge in [0, 0.05) is 48.8 Å². The summed E-state index contributed by atoms with van der Waals surface area (Å²) in [5, 5.41) is 22.3. The summed E-state index contributed by atoms with van der Waals surface area (Å²) in [4.78, 5) is 62.9. The van der Waals surface area contributed by atoms with E-state index in [1.807, 2.05) is 84.9 Å². The number of terminal acetylenes is 1. The molecular weight excluding hydrogens is 1030 g/mol. The van der Waals surface area contributed by atoms with E-state index in [0.717, 1.165) is 47.1 Å². The van der Waals surface area contributed by atoms with Crippen LogP contribution < -0.4 is 35.2 Å². The Morgan fingerprint density at radius 1 is 0.671 bits per heavy atom. The molecule has 400 valence electrons. The Bertz CT molecular complexity index is 2970. The standard InChI is InChI=1S/C27H28N6O3.C20H18BrN5O3.C8H12.3CH4/c1-33-22-15-20(8-7-18-11-13-28-14-12-18)9-10-23(22)36-17-21(27(33)35)29-26(34)25-30-24(31-32-25)16-19-5-3-2-4-6-19;1-26-15-10-13(21)7-8-16(15)29-11-14(20(26)28)22-19(27)18-23-17(24-25-18)9-12-5-3-2-4-6-12;1-2-8-6-4-3-5-7-8;;;/h2-6,9-10,15,18,21,28H,11-14,16-17H2,1H3,(H,29,34)(H,30,31,32);2-8,10,14H,9,11H2,1H3,(H,22,27)(H,23,24,25);1,8H,3-7H2;3*1H4/t21-;14-;;;;/m00..../s1. The molecule has 0 radical (unpaired) electrons. The van der Waals surface area contributed by atoms with E-state index >= 15 is 0 Å². The zero-order valence-corrected chi connectivity index (χ0v) is 42.4. The molecule has 10 rings (SSSR count). The number of carbonyl (C=O) groups is 4. The predicted molar refractivity (Wildman–Crippen MR) is 300 cm³/mol. The molecule has 0 unspecified atom stereocenters. The van der Waals surface area contributed by atoms with Gasteiger partial charge in [0.1, 0.15) is 48.4 Å². The molecule has 1 aliphatic carbocycles. The van der Waals surface area contributed by atoms with Gasteiger partial charge >= 0.3 is 0 Å². The average Bonchev–Trinajstić information content (AvgIpc) is 4.07. The van der Waals surface area contributed by atoms with Gasteiger partial charge in [-0.05, 0) is 86.3 Å². The second kappa shape index (κ2) is 28.8. The van der Waals surface area contributed by atoms with E-state index in [1.54, 1.807) is 26.2 Å². The number of hydrogen-bond donors (Lipinski definition) is 5. The topological polar surface area (TPSA) is 212 Å². The van der Waals surface area contributed by atoms with Crippen molar-refractivity contribution in [3.8, 4) is 35.7 Å². The van der Waals surface area contributed by atoms with Crippen LogP contribution in [0.25, 0.3) is 0 Å². The molecule has 0 bridgehead atoms. The van der Waals surface area contributed by atoms with E-state index in [9.17, 15) is 19.2 Å². The average molecular weight is 1100 g/mol. The quantitative estimate of drug-likeness (QED) is 0.0915. The van der Waals surface area contributed by atoms with Crippen LogP contribution in [0.2, 0.25) is 0 Å². The summed E-state index contributed by atoms with van der Waals surface area (Å²) in [5.41, 5.74) is 4.17. The minimum atomic E-state index is -0.879. The van der Waals surface area contributed by atoms with Gasteiger partial charge in [0.15, 0.2) is 0 Å². The molecule has 5 heterocycles. The SMILES string of the molecule is C.C.C.C#CC1CCCCC1.CN1C(=O)[C@@H](NC(=O)c2n[nH]c(Cc3ccccc3)n2)COc2ccc(Br)cc21.CN1C(=O)[C@@H](NC(=O)c2n[nH]c(Cc3ccccc3)n2)COc2ccc(C#CC3CCNCC3)cc21. The Morgan fingerprint density at radius 3 is 1.64 bits per heavy atom. The smallest absolute Gasteiger partial charge is 0.291 e. The van der Waals surface area contributed by atoms with Crippen LogP contribution in [0.4, 0.5) is 11.4 Å². The Hall–Kier alpha value is -7.80. The highest BCUT2D eigenvalue weighted by molar-refractivity contribution is 9.10. The fourth-order valence-corrected chi connectivity index (χ4v) is 9.00. The number of nitrogens with one attached hydrogen (secondary N) is 5. The number of aromatic amines is 2. The number of fused-ring (bicyclic) bond motifs is 2. The Balaban J connectivity index is 0.000000240. The number of aromatic nitrogens is 6. The third-order valence-corrected chi connectivity index (χ3v) is 13.3. The minimum absolute atomic E-state index is 0. The molecule has 2 atom stereocenters. The van der Waals surface area contributed by atoms with E-state index < -0.39 is 23.9 Å². The first kappa shape index (κ1) is 59.1. The number of carbonyl (C=O) groups excluding carboxylic acids is 4. The third kappa shape index (κ3) is 15.9. The molecule has 4 aliphatic rings. The molecule has 76 heavy (non-hydrogen) atoms. The fourth-order valence-electron chi connectivity index (χ4n) is 8.65. The highest BCUT2D eigenvalue weighted by Gasteiger charge is 2.33. The number of likely N-dealkylation sites (N-methyl/N-ethyl adjacent to an activating group) is 2. The highest BCUT2D eigenvalue weighted by atomic mass is 79.9.